The smallest absolute Gasteiger partial charge is 0.311 e. The van der Waals surface area contributed by atoms with Crippen molar-refractivity contribution in [2.75, 3.05) is 31.1 Å². The fourth-order valence-corrected chi connectivity index (χ4v) is 3.05. The summed E-state index contributed by atoms with van der Waals surface area (Å²) in [5, 5.41) is 9.27. The third kappa shape index (κ3) is 3.66. The second-order valence-electron chi connectivity index (χ2n) is 6.47. The molecular formula is C18H26N2O3. The van der Waals surface area contributed by atoms with Crippen LogP contribution in [0.3, 0.4) is 0 Å². The summed E-state index contributed by atoms with van der Waals surface area (Å²) in [5.74, 6) is -0.915. The van der Waals surface area contributed by atoms with E-state index >= 15 is 0 Å². The van der Waals surface area contributed by atoms with Crippen molar-refractivity contribution in [1.29, 1.82) is 0 Å². The Kier molecular flexibility index (Phi) is 5.29. The lowest BCUT2D eigenvalue weighted by Gasteiger charge is -2.23. The van der Waals surface area contributed by atoms with E-state index in [2.05, 4.69) is 18.7 Å². The fourth-order valence-electron chi connectivity index (χ4n) is 3.05. The number of rotatable bonds is 6. The van der Waals surface area contributed by atoms with Gasteiger partial charge in [0.25, 0.3) is 5.91 Å². The van der Waals surface area contributed by atoms with E-state index in [9.17, 15) is 14.7 Å². The molecule has 2 rings (SSSR count). The molecule has 0 aromatic heterocycles. The zero-order chi connectivity index (χ0) is 17.0. The van der Waals surface area contributed by atoms with Crippen molar-refractivity contribution in [3.63, 3.8) is 0 Å². The number of carboxylic acid groups (broad SMARTS) is 1. The van der Waals surface area contributed by atoms with Crippen LogP contribution in [-0.2, 0) is 4.79 Å². The highest BCUT2D eigenvalue weighted by Crippen LogP contribution is 2.31. The molecule has 23 heavy (non-hydrogen) atoms. The van der Waals surface area contributed by atoms with Gasteiger partial charge in [-0.3, -0.25) is 9.59 Å². The minimum Gasteiger partial charge on any atom is -0.481 e. The summed E-state index contributed by atoms with van der Waals surface area (Å²) >= 11 is 0. The van der Waals surface area contributed by atoms with Crippen LogP contribution in [0.15, 0.2) is 24.3 Å². The average Bonchev–Trinajstić information content (AvgIpc) is 2.96. The van der Waals surface area contributed by atoms with Crippen molar-refractivity contribution in [3.8, 4) is 0 Å². The maximum Gasteiger partial charge on any atom is 0.311 e. The summed E-state index contributed by atoms with van der Waals surface area (Å²) in [6.07, 6.45) is 1.59. The summed E-state index contributed by atoms with van der Waals surface area (Å²) in [5.41, 5.74) is 0.911. The Balaban J connectivity index is 2.08. The molecule has 5 nitrogen and oxygen atoms in total. The third-order valence-corrected chi connectivity index (χ3v) is 4.63. The van der Waals surface area contributed by atoms with Gasteiger partial charge in [-0.1, -0.05) is 6.92 Å². The van der Waals surface area contributed by atoms with Crippen molar-refractivity contribution in [1.82, 2.24) is 4.90 Å². The number of nitrogens with zero attached hydrogens (tertiary/aromatic N) is 2. The Morgan fingerprint density at radius 2 is 1.91 bits per heavy atom. The van der Waals surface area contributed by atoms with Gasteiger partial charge in [0.1, 0.15) is 0 Å². The van der Waals surface area contributed by atoms with Crippen LogP contribution in [0.2, 0.25) is 0 Å². The van der Waals surface area contributed by atoms with Gasteiger partial charge >= 0.3 is 5.97 Å². The summed E-state index contributed by atoms with van der Waals surface area (Å²) in [6.45, 7) is 8.67. The lowest BCUT2D eigenvalue weighted by atomic mass is 9.90. The van der Waals surface area contributed by atoms with E-state index in [1.807, 2.05) is 24.3 Å². The highest BCUT2D eigenvalue weighted by Gasteiger charge is 2.42. The molecule has 0 saturated carbocycles. The number of anilines is 1. The number of likely N-dealkylation sites (tertiary alicyclic amines) is 1. The van der Waals surface area contributed by atoms with Crippen molar-refractivity contribution >= 4 is 17.6 Å². The van der Waals surface area contributed by atoms with E-state index in [0.717, 1.165) is 25.2 Å². The van der Waals surface area contributed by atoms with Crippen molar-refractivity contribution < 1.29 is 14.7 Å². The SMILES string of the molecule is CCCN(CC)c1ccc(C(=O)N2CCC(C)(C(=O)O)C2)cc1. The molecule has 0 aliphatic carbocycles. The van der Waals surface area contributed by atoms with Gasteiger partial charge in [-0.15, -0.1) is 0 Å². The molecule has 0 bridgehead atoms. The zero-order valence-electron chi connectivity index (χ0n) is 14.2. The zero-order valence-corrected chi connectivity index (χ0v) is 14.2. The summed E-state index contributed by atoms with van der Waals surface area (Å²) in [7, 11) is 0. The molecule has 0 spiro atoms. The van der Waals surface area contributed by atoms with Crippen LogP contribution in [0.4, 0.5) is 5.69 Å². The largest absolute Gasteiger partial charge is 0.481 e. The normalized spacial score (nSPS) is 20.6. The van der Waals surface area contributed by atoms with E-state index in [1.165, 1.54) is 0 Å². The number of carbonyl (C=O) groups is 2. The van der Waals surface area contributed by atoms with Crippen molar-refractivity contribution in [2.45, 2.75) is 33.6 Å². The van der Waals surface area contributed by atoms with Crippen molar-refractivity contribution in [2.24, 2.45) is 5.41 Å². The Labute approximate surface area is 137 Å². The van der Waals surface area contributed by atoms with E-state index in [0.29, 0.717) is 18.5 Å². The molecule has 1 aliphatic rings. The van der Waals surface area contributed by atoms with Crippen molar-refractivity contribution in [3.05, 3.63) is 29.8 Å². The number of hydrogen-bond donors (Lipinski definition) is 1. The van der Waals surface area contributed by atoms with Gasteiger partial charge in [-0.2, -0.15) is 0 Å². The van der Waals surface area contributed by atoms with E-state index in [4.69, 9.17) is 0 Å². The van der Waals surface area contributed by atoms with Crippen LogP contribution in [0, 0.1) is 5.41 Å². The first kappa shape index (κ1) is 17.3. The standard InChI is InChI=1S/C18H26N2O3/c1-4-11-19(5-2)15-8-6-14(7-9-15)16(21)20-12-10-18(3,13-20)17(22)23/h6-9H,4-5,10-13H2,1-3H3,(H,22,23). The summed E-state index contributed by atoms with van der Waals surface area (Å²) in [6, 6.07) is 7.62. The molecule has 1 unspecified atom stereocenters. The summed E-state index contributed by atoms with van der Waals surface area (Å²) in [4.78, 5) is 27.8. The maximum atomic E-state index is 12.6. The molecule has 1 heterocycles. The second kappa shape index (κ2) is 7.02. The van der Waals surface area contributed by atoms with Gasteiger partial charge in [-0.05, 0) is 51.0 Å². The number of carboxylic acids is 1. The molecule has 5 heteroatoms. The van der Waals surface area contributed by atoms with Crippen LogP contribution in [0.25, 0.3) is 0 Å². The predicted octanol–water partition coefficient (Wildman–Crippen LogP) is 2.86. The van der Waals surface area contributed by atoms with Gasteiger partial charge < -0.3 is 14.9 Å². The van der Waals surface area contributed by atoms with Gasteiger partial charge in [0.2, 0.25) is 0 Å². The Hall–Kier alpha value is -2.04. The molecule has 1 N–H and O–H groups in total. The second-order valence-corrected chi connectivity index (χ2v) is 6.47. The minimum atomic E-state index is -0.832. The average molecular weight is 318 g/mol. The lowest BCUT2D eigenvalue weighted by Crippen LogP contribution is -2.34. The topological polar surface area (TPSA) is 60.9 Å². The van der Waals surface area contributed by atoms with E-state index in [-0.39, 0.29) is 12.5 Å². The molecular weight excluding hydrogens is 292 g/mol. The van der Waals surface area contributed by atoms with Crippen LogP contribution in [-0.4, -0.2) is 48.1 Å². The Morgan fingerprint density at radius 3 is 2.39 bits per heavy atom. The Morgan fingerprint density at radius 1 is 1.26 bits per heavy atom. The van der Waals surface area contributed by atoms with Gasteiger partial charge in [0, 0.05) is 37.4 Å². The number of carbonyl (C=O) groups excluding carboxylic acids is 1. The Bertz CT molecular complexity index is 570. The van der Waals surface area contributed by atoms with Gasteiger partial charge in [0.15, 0.2) is 0 Å². The molecule has 1 aliphatic heterocycles. The van der Waals surface area contributed by atoms with Crippen LogP contribution >= 0.6 is 0 Å². The number of amides is 1. The predicted molar refractivity (Wildman–Crippen MR) is 90.9 cm³/mol. The third-order valence-electron chi connectivity index (χ3n) is 4.63. The van der Waals surface area contributed by atoms with Gasteiger partial charge in [0.05, 0.1) is 5.41 Å². The van der Waals surface area contributed by atoms with Crippen LogP contribution in [0.5, 0.6) is 0 Å². The highest BCUT2D eigenvalue weighted by molar-refractivity contribution is 5.95. The van der Waals surface area contributed by atoms with Crippen LogP contribution in [0.1, 0.15) is 44.0 Å². The summed E-state index contributed by atoms with van der Waals surface area (Å²) < 4.78 is 0. The number of aliphatic carboxylic acids is 1. The molecule has 0 radical (unpaired) electrons. The molecule has 1 saturated heterocycles. The lowest BCUT2D eigenvalue weighted by molar-refractivity contribution is -0.147. The first-order valence-corrected chi connectivity index (χ1v) is 8.29. The van der Waals surface area contributed by atoms with E-state index in [1.54, 1.807) is 11.8 Å². The minimum absolute atomic E-state index is 0.0833. The molecule has 1 fully saturated rings. The fraction of sp³-hybridized carbons (Fsp3) is 0.556. The van der Waals surface area contributed by atoms with Gasteiger partial charge in [-0.25, -0.2) is 0 Å². The maximum absolute atomic E-state index is 12.6. The number of benzene rings is 1. The molecule has 126 valence electrons. The molecule has 1 atom stereocenters. The first-order valence-electron chi connectivity index (χ1n) is 8.29. The molecule has 1 aromatic carbocycles. The van der Waals surface area contributed by atoms with Crippen LogP contribution < -0.4 is 4.90 Å². The molecule has 1 amide bonds. The number of hydrogen-bond acceptors (Lipinski definition) is 3. The van der Waals surface area contributed by atoms with E-state index < -0.39 is 11.4 Å². The quantitative estimate of drug-likeness (QED) is 0.876. The highest BCUT2D eigenvalue weighted by atomic mass is 16.4. The molecule has 1 aromatic rings. The monoisotopic (exact) mass is 318 g/mol. The first-order chi connectivity index (χ1) is 10.9.